The standard InChI is InChI=1S/C11H15NO/c1-8-10-6-4-5-7-11(10)12(3)9(2)13-8/h4-9H,1-3H3/t8-,9-/m1/s1. The molecule has 0 fully saturated rings. The van der Waals surface area contributed by atoms with Crippen LogP contribution in [0.4, 0.5) is 5.69 Å². The van der Waals surface area contributed by atoms with Crippen molar-refractivity contribution in [3.63, 3.8) is 0 Å². The summed E-state index contributed by atoms with van der Waals surface area (Å²) >= 11 is 0. The number of nitrogens with zero attached hydrogens (tertiary/aromatic N) is 1. The van der Waals surface area contributed by atoms with E-state index in [2.05, 4.69) is 50.1 Å². The van der Waals surface area contributed by atoms with Crippen LogP contribution < -0.4 is 4.90 Å². The maximum Gasteiger partial charge on any atom is 0.127 e. The highest BCUT2D eigenvalue weighted by atomic mass is 16.5. The predicted molar refractivity (Wildman–Crippen MR) is 53.8 cm³/mol. The van der Waals surface area contributed by atoms with Gasteiger partial charge in [-0.3, -0.25) is 0 Å². The summed E-state index contributed by atoms with van der Waals surface area (Å²) in [4.78, 5) is 2.16. The van der Waals surface area contributed by atoms with Gasteiger partial charge < -0.3 is 9.64 Å². The van der Waals surface area contributed by atoms with E-state index < -0.39 is 0 Å². The highest BCUT2D eigenvalue weighted by molar-refractivity contribution is 5.55. The Hall–Kier alpha value is -1.02. The molecule has 0 aliphatic carbocycles. The van der Waals surface area contributed by atoms with Crippen molar-refractivity contribution in [2.24, 2.45) is 0 Å². The zero-order chi connectivity index (χ0) is 9.42. The lowest BCUT2D eigenvalue weighted by molar-refractivity contribution is -0.00158. The van der Waals surface area contributed by atoms with Crippen LogP contribution in [0.25, 0.3) is 0 Å². The van der Waals surface area contributed by atoms with Crippen molar-refractivity contribution in [3.05, 3.63) is 29.8 Å². The first-order valence-electron chi connectivity index (χ1n) is 4.67. The first kappa shape index (κ1) is 8.57. The molecule has 0 amide bonds. The molecule has 1 aromatic rings. The summed E-state index contributed by atoms with van der Waals surface area (Å²) in [6.07, 6.45) is 0.382. The van der Waals surface area contributed by atoms with Crippen LogP contribution in [0.15, 0.2) is 24.3 Å². The minimum Gasteiger partial charge on any atom is -0.351 e. The molecular formula is C11H15NO. The Morgan fingerprint density at radius 2 is 1.92 bits per heavy atom. The summed E-state index contributed by atoms with van der Waals surface area (Å²) in [6, 6.07) is 8.40. The molecule has 0 saturated carbocycles. The second-order valence-electron chi connectivity index (χ2n) is 3.55. The molecule has 1 aliphatic rings. The number of hydrogen-bond acceptors (Lipinski definition) is 2. The average Bonchev–Trinajstić information content (AvgIpc) is 2.15. The van der Waals surface area contributed by atoms with Crippen LogP contribution in [0.3, 0.4) is 0 Å². The van der Waals surface area contributed by atoms with Gasteiger partial charge in [0.25, 0.3) is 0 Å². The van der Waals surface area contributed by atoms with Crippen molar-refractivity contribution >= 4 is 5.69 Å². The third-order valence-electron chi connectivity index (χ3n) is 2.70. The number of hydrogen-bond donors (Lipinski definition) is 0. The number of ether oxygens (including phenoxy) is 1. The maximum absolute atomic E-state index is 5.75. The van der Waals surface area contributed by atoms with Crippen molar-refractivity contribution in [2.75, 3.05) is 11.9 Å². The van der Waals surface area contributed by atoms with Crippen molar-refractivity contribution in [1.29, 1.82) is 0 Å². The summed E-state index contributed by atoms with van der Waals surface area (Å²) in [6.45, 7) is 4.18. The predicted octanol–water partition coefficient (Wildman–Crippen LogP) is 2.56. The third-order valence-corrected chi connectivity index (χ3v) is 2.70. The van der Waals surface area contributed by atoms with E-state index in [1.165, 1.54) is 11.3 Å². The fraction of sp³-hybridized carbons (Fsp3) is 0.455. The number of benzene rings is 1. The van der Waals surface area contributed by atoms with Crippen molar-refractivity contribution in [2.45, 2.75) is 26.2 Å². The minimum atomic E-state index is 0.171. The summed E-state index contributed by atoms with van der Waals surface area (Å²) in [7, 11) is 2.06. The van der Waals surface area contributed by atoms with E-state index in [4.69, 9.17) is 4.74 Å². The van der Waals surface area contributed by atoms with Gasteiger partial charge in [-0.2, -0.15) is 0 Å². The third kappa shape index (κ3) is 1.31. The van der Waals surface area contributed by atoms with Crippen LogP contribution in [0.2, 0.25) is 0 Å². The first-order chi connectivity index (χ1) is 6.20. The second kappa shape index (κ2) is 3.04. The van der Waals surface area contributed by atoms with Gasteiger partial charge in [0.2, 0.25) is 0 Å². The highest BCUT2D eigenvalue weighted by Crippen LogP contribution is 2.34. The van der Waals surface area contributed by atoms with Gasteiger partial charge in [-0.05, 0) is 19.9 Å². The van der Waals surface area contributed by atoms with Crippen LogP contribution in [0.1, 0.15) is 25.5 Å². The molecular weight excluding hydrogens is 162 g/mol. The minimum absolute atomic E-state index is 0.171. The Labute approximate surface area is 79.1 Å². The molecule has 2 rings (SSSR count). The number of rotatable bonds is 0. The van der Waals surface area contributed by atoms with Crippen LogP contribution in [-0.2, 0) is 4.74 Å². The molecule has 2 heteroatoms. The van der Waals surface area contributed by atoms with E-state index in [1.807, 2.05) is 0 Å². The second-order valence-corrected chi connectivity index (χ2v) is 3.55. The monoisotopic (exact) mass is 177 g/mol. The van der Waals surface area contributed by atoms with Crippen molar-refractivity contribution in [1.82, 2.24) is 0 Å². The van der Waals surface area contributed by atoms with Crippen LogP contribution in [0, 0.1) is 0 Å². The van der Waals surface area contributed by atoms with E-state index in [0.29, 0.717) is 0 Å². The SMILES string of the molecule is C[C@H]1O[C@H](C)N(C)c2ccccc21. The van der Waals surface area contributed by atoms with E-state index in [9.17, 15) is 0 Å². The normalized spacial score (nSPS) is 27.2. The average molecular weight is 177 g/mol. The highest BCUT2D eigenvalue weighted by Gasteiger charge is 2.24. The number of fused-ring (bicyclic) bond motifs is 1. The Bertz CT molecular complexity index is 311. The fourth-order valence-corrected chi connectivity index (χ4v) is 1.81. The maximum atomic E-state index is 5.75. The molecule has 1 aliphatic heterocycles. The molecule has 2 atom stereocenters. The Balaban J connectivity index is 2.47. The summed E-state index contributed by atoms with van der Waals surface area (Å²) < 4.78 is 5.75. The molecule has 1 heterocycles. The smallest absolute Gasteiger partial charge is 0.127 e. The van der Waals surface area contributed by atoms with Gasteiger partial charge in [0.05, 0.1) is 6.10 Å². The lowest BCUT2D eigenvalue weighted by Gasteiger charge is -2.37. The molecule has 0 aromatic heterocycles. The molecule has 13 heavy (non-hydrogen) atoms. The van der Waals surface area contributed by atoms with Crippen LogP contribution >= 0.6 is 0 Å². The summed E-state index contributed by atoms with van der Waals surface area (Å²) in [5.41, 5.74) is 2.57. The Morgan fingerprint density at radius 1 is 1.23 bits per heavy atom. The van der Waals surface area contributed by atoms with E-state index >= 15 is 0 Å². The topological polar surface area (TPSA) is 12.5 Å². The van der Waals surface area contributed by atoms with Gasteiger partial charge in [0.1, 0.15) is 6.23 Å². The van der Waals surface area contributed by atoms with Crippen LogP contribution in [-0.4, -0.2) is 13.3 Å². The fourth-order valence-electron chi connectivity index (χ4n) is 1.81. The van der Waals surface area contributed by atoms with Crippen molar-refractivity contribution in [3.8, 4) is 0 Å². The van der Waals surface area contributed by atoms with E-state index in [-0.39, 0.29) is 12.3 Å². The number of anilines is 1. The molecule has 0 radical (unpaired) electrons. The molecule has 0 spiro atoms. The van der Waals surface area contributed by atoms with Gasteiger partial charge in [0, 0.05) is 18.3 Å². The largest absolute Gasteiger partial charge is 0.351 e. The molecule has 70 valence electrons. The molecule has 0 saturated heterocycles. The van der Waals surface area contributed by atoms with Gasteiger partial charge >= 0.3 is 0 Å². The van der Waals surface area contributed by atoms with Gasteiger partial charge in [-0.1, -0.05) is 18.2 Å². The van der Waals surface area contributed by atoms with Gasteiger partial charge in [-0.25, -0.2) is 0 Å². The Morgan fingerprint density at radius 3 is 2.69 bits per heavy atom. The van der Waals surface area contributed by atoms with Gasteiger partial charge in [0.15, 0.2) is 0 Å². The zero-order valence-electron chi connectivity index (χ0n) is 8.32. The quantitative estimate of drug-likeness (QED) is 0.604. The van der Waals surface area contributed by atoms with E-state index in [1.54, 1.807) is 0 Å². The Kier molecular flexibility index (Phi) is 2.00. The lowest BCUT2D eigenvalue weighted by atomic mass is 10.1. The first-order valence-corrected chi connectivity index (χ1v) is 4.67. The van der Waals surface area contributed by atoms with Crippen LogP contribution in [0.5, 0.6) is 0 Å². The summed E-state index contributed by atoms with van der Waals surface area (Å²) in [5, 5.41) is 0. The molecule has 0 N–H and O–H groups in total. The molecule has 1 aromatic carbocycles. The lowest BCUT2D eigenvalue weighted by Crippen LogP contribution is -2.36. The molecule has 2 nitrogen and oxygen atoms in total. The van der Waals surface area contributed by atoms with Gasteiger partial charge in [-0.15, -0.1) is 0 Å². The molecule has 0 unspecified atom stereocenters. The van der Waals surface area contributed by atoms with E-state index in [0.717, 1.165) is 0 Å². The zero-order valence-corrected chi connectivity index (χ0v) is 8.32. The molecule has 0 bridgehead atoms. The summed E-state index contributed by atoms with van der Waals surface area (Å²) in [5.74, 6) is 0. The number of para-hydroxylation sites is 1. The van der Waals surface area contributed by atoms with Crippen molar-refractivity contribution < 1.29 is 4.74 Å².